The smallest absolute Gasteiger partial charge is 0.254 e. The fraction of sp³-hybridized carbons (Fsp3) is 0.217. The van der Waals surface area contributed by atoms with Crippen LogP contribution < -0.4 is 21.5 Å². The predicted molar refractivity (Wildman–Crippen MR) is 135 cm³/mol. The standard InChI is InChI=1S/C23H25FN8O4S/c1-31-8-10-32(11-9-31)22(34)14-6-7-16(24)18(12-14)29-23-27-13-15(20(25)33)21(30-23)28-17-4-2-3-5-19(17)37(26,35)36/h2-7,12-13H,8-11H2,1H3,(H2,25,33)(H2,26,35,36)(H2,27,28,29,30). The number of carbonyl (C=O) groups excluding carboxylic acids is 2. The summed E-state index contributed by atoms with van der Waals surface area (Å²) in [6.07, 6.45) is 1.11. The number of nitrogens with two attached hydrogens (primary N) is 2. The Balaban J connectivity index is 1.63. The summed E-state index contributed by atoms with van der Waals surface area (Å²) in [5, 5.41) is 10.7. The molecule has 0 aliphatic carbocycles. The van der Waals surface area contributed by atoms with Gasteiger partial charge in [-0.2, -0.15) is 4.98 Å². The maximum Gasteiger partial charge on any atom is 0.254 e. The molecule has 0 atom stereocenters. The number of aromatic nitrogens is 2. The van der Waals surface area contributed by atoms with Crippen molar-refractivity contribution in [3.63, 3.8) is 0 Å². The highest BCUT2D eigenvalue weighted by molar-refractivity contribution is 7.89. The third-order valence-electron chi connectivity index (χ3n) is 5.75. The van der Waals surface area contributed by atoms with E-state index in [1.165, 1.54) is 30.3 Å². The molecule has 0 spiro atoms. The average molecular weight is 529 g/mol. The van der Waals surface area contributed by atoms with E-state index in [0.29, 0.717) is 13.1 Å². The molecule has 0 bridgehead atoms. The van der Waals surface area contributed by atoms with Gasteiger partial charge < -0.3 is 26.2 Å². The Morgan fingerprint density at radius 2 is 1.73 bits per heavy atom. The summed E-state index contributed by atoms with van der Waals surface area (Å²) in [6, 6.07) is 9.64. The Hall–Kier alpha value is -4.14. The van der Waals surface area contributed by atoms with E-state index in [2.05, 4.69) is 25.5 Å². The van der Waals surface area contributed by atoms with Gasteiger partial charge in [-0.15, -0.1) is 0 Å². The molecule has 37 heavy (non-hydrogen) atoms. The van der Waals surface area contributed by atoms with E-state index >= 15 is 0 Å². The van der Waals surface area contributed by atoms with Crippen molar-refractivity contribution in [2.75, 3.05) is 43.9 Å². The fourth-order valence-electron chi connectivity index (χ4n) is 3.73. The second-order valence-corrected chi connectivity index (χ2v) is 9.93. The molecule has 4 rings (SSSR count). The Kier molecular flexibility index (Phi) is 7.33. The van der Waals surface area contributed by atoms with Crippen LogP contribution in [0.1, 0.15) is 20.7 Å². The number of amides is 2. The maximum absolute atomic E-state index is 14.6. The van der Waals surface area contributed by atoms with Crippen molar-refractivity contribution in [3.05, 3.63) is 65.6 Å². The van der Waals surface area contributed by atoms with E-state index in [0.717, 1.165) is 25.4 Å². The van der Waals surface area contributed by atoms with Crippen LogP contribution in [0.3, 0.4) is 0 Å². The van der Waals surface area contributed by atoms with Gasteiger partial charge in [-0.25, -0.2) is 22.9 Å². The largest absolute Gasteiger partial charge is 0.365 e. The number of hydrogen-bond acceptors (Lipinski definition) is 9. The number of nitrogens with zero attached hydrogens (tertiary/aromatic N) is 4. The minimum absolute atomic E-state index is 0.0445. The van der Waals surface area contributed by atoms with Crippen LogP contribution in [-0.2, 0) is 10.0 Å². The highest BCUT2D eigenvalue weighted by Gasteiger charge is 2.22. The molecule has 0 saturated carbocycles. The van der Waals surface area contributed by atoms with E-state index in [4.69, 9.17) is 10.9 Å². The first-order valence-corrected chi connectivity index (χ1v) is 12.7. The second kappa shape index (κ2) is 10.5. The van der Waals surface area contributed by atoms with Gasteiger partial charge in [-0.1, -0.05) is 12.1 Å². The van der Waals surface area contributed by atoms with Gasteiger partial charge in [0.2, 0.25) is 16.0 Å². The van der Waals surface area contributed by atoms with Gasteiger partial charge in [0.1, 0.15) is 22.1 Å². The van der Waals surface area contributed by atoms with Crippen LogP contribution >= 0.6 is 0 Å². The number of rotatable bonds is 7. The lowest BCUT2D eigenvalue weighted by atomic mass is 10.1. The third kappa shape index (κ3) is 5.99. The van der Waals surface area contributed by atoms with Gasteiger partial charge in [0, 0.05) is 37.9 Å². The average Bonchev–Trinajstić information content (AvgIpc) is 2.85. The number of primary sulfonamides is 1. The van der Waals surface area contributed by atoms with Crippen LogP contribution in [0.2, 0.25) is 0 Å². The zero-order valence-electron chi connectivity index (χ0n) is 19.8. The number of piperazine rings is 1. The van der Waals surface area contributed by atoms with Crippen LogP contribution in [0.25, 0.3) is 0 Å². The van der Waals surface area contributed by atoms with E-state index < -0.39 is 21.7 Å². The summed E-state index contributed by atoms with van der Waals surface area (Å²) in [5.41, 5.74) is 5.54. The molecule has 0 radical (unpaired) electrons. The molecule has 1 fully saturated rings. The lowest BCUT2D eigenvalue weighted by Gasteiger charge is -2.32. The van der Waals surface area contributed by atoms with Crippen molar-refractivity contribution in [1.29, 1.82) is 0 Å². The van der Waals surface area contributed by atoms with Crippen molar-refractivity contribution in [3.8, 4) is 0 Å². The minimum Gasteiger partial charge on any atom is -0.365 e. The summed E-state index contributed by atoms with van der Waals surface area (Å²) in [6.45, 7) is 2.59. The molecule has 194 valence electrons. The molecule has 14 heteroatoms. The summed E-state index contributed by atoms with van der Waals surface area (Å²) in [7, 11) is -2.13. The summed E-state index contributed by atoms with van der Waals surface area (Å²) in [5.74, 6) is -2.04. The molecule has 1 aliphatic rings. The van der Waals surface area contributed by atoms with Crippen LogP contribution in [0.5, 0.6) is 0 Å². The van der Waals surface area contributed by atoms with E-state index in [9.17, 15) is 22.4 Å². The number of anilines is 4. The number of nitrogens with one attached hydrogen (secondary N) is 2. The molecule has 1 aliphatic heterocycles. The lowest BCUT2D eigenvalue weighted by Crippen LogP contribution is -2.47. The van der Waals surface area contributed by atoms with Crippen molar-refractivity contribution in [2.45, 2.75) is 4.90 Å². The minimum atomic E-state index is -4.10. The highest BCUT2D eigenvalue weighted by Crippen LogP contribution is 2.27. The van der Waals surface area contributed by atoms with Gasteiger partial charge in [-0.3, -0.25) is 9.59 Å². The zero-order chi connectivity index (χ0) is 26.7. The number of para-hydroxylation sites is 1. The van der Waals surface area contributed by atoms with Crippen molar-refractivity contribution in [1.82, 2.24) is 19.8 Å². The third-order valence-corrected chi connectivity index (χ3v) is 6.72. The molecule has 1 saturated heterocycles. The van der Waals surface area contributed by atoms with Crippen LogP contribution in [-0.4, -0.2) is 73.2 Å². The monoisotopic (exact) mass is 528 g/mol. The summed E-state index contributed by atoms with van der Waals surface area (Å²) in [4.78, 5) is 36.6. The number of carbonyl (C=O) groups is 2. The first kappa shape index (κ1) is 25.9. The quantitative estimate of drug-likeness (QED) is 0.351. The topological polar surface area (TPSA) is 177 Å². The van der Waals surface area contributed by atoms with E-state index in [-0.39, 0.29) is 45.1 Å². The Morgan fingerprint density at radius 3 is 2.41 bits per heavy atom. The summed E-state index contributed by atoms with van der Waals surface area (Å²) < 4.78 is 38.5. The van der Waals surface area contributed by atoms with Crippen molar-refractivity contribution >= 4 is 45.0 Å². The Morgan fingerprint density at radius 1 is 1.03 bits per heavy atom. The molecule has 1 aromatic heterocycles. The molecule has 6 N–H and O–H groups in total. The zero-order valence-corrected chi connectivity index (χ0v) is 20.6. The molecule has 3 aromatic rings. The number of halogens is 1. The Bertz CT molecular complexity index is 1460. The van der Waals surface area contributed by atoms with Crippen LogP contribution in [0, 0.1) is 5.82 Å². The molecule has 2 heterocycles. The number of benzene rings is 2. The molecule has 2 amide bonds. The summed E-state index contributed by atoms with van der Waals surface area (Å²) >= 11 is 0. The predicted octanol–water partition coefficient (Wildman–Crippen LogP) is 1.24. The normalized spacial score (nSPS) is 14.3. The highest BCUT2D eigenvalue weighted by atomic mass is 32.2. The number of likely N-dealkylation sites (N-methyl/N-ethyl adjacent to an activating group) is 1. The number of sulfonamides is 1. The lowest BCUT2D eigenvalue weighted by molar-refractivity contribution is 0.0664. The van der Waals surface area contributed by atoms with E-state index in [1.807, 2.05) is 7.05 Å². The van der Waals surface area contributed by atoms with Gasteiger partial charge in [0.15, 0.2) is 0 Å². The number of hydrogen-bond donors (Lipinski definition) is 4. The SMILES string of the molecule is CN1CCN(C(=O)c2ccc(F)c(Nc3ncc(C(N)=O)c(Nc4ccccc4S(N)(=O)=O)n3)c2)CC1. The Labute approximate surface area is 212 Å². The number of primary amides is 1. The van der Waals surface area contributed by atoms with Gasteiger partial charge in [0.05, 0.1) is 11.4 Å². The molecule has 0 unspecified atom stereocenters. The van der Waals surface area contributed by atoms with E-state index in [1.54, 1.807) is 11.0 Å². The first-order chi connectivity index (χ1) is 17.5. The fourth-order valence-corrected chi connectivity index (χ4v) is 4.42. The van der Waals surface area contributed by atoms with Gasteiger partial charge >= 0.3 is 0 Å². The molecular formula is C23H25FN8O4S. The second-order valence-electron chi connectivity index (χ2n) is 8.40. The van der Waals surface area contributed by atoms with Crippen LogP contribution in [0.4, 0.5) is 27.5 Å². The van der Waals surface area contributed by atoms with Crippen molar-refractivity contribution in [2.24, 2.45) is 10.9 Å². The van der Waals surface area contributed by atoms with Crippen molar-refractivity contribution < 1.29 is 22.4 Å². The van der Waals surface area contributed by atoms with Gasteiger partial charge in [-0.05, 0) is 37.4 Å². The first-order valence-electron chi connectivity index (χ1n) is 11.1. The molecule has 12 nitrogen and oxygen atoms in total. The molecular weight excluding hydrogens is 503 g/mol. The molecule has 2 aromatic carbocycles. The van der Waals surface area contributed by atoms with Gasteiger partial charge in [0.25, 0.3) is 11.8 Å². The van der Waals surface area contributed by atoms with Crippen LogP contribution in [0.15, 0.2) is 53.6 Å². The maximum atomic E-state index is 14.6.